The van der Waals surface area contributed by atoms with Gasteiger partial charge in [-0.15, -0.1) is 0 Å². The second kappa shape index (κ2) is 5.35. The Bertz CT molecular complexity index is 821. The molecule has 0 aliphatic carbocycles. The summed E-state index contributed by atoms with van der Waals surface area (Å²) in [4.78, 5) is 22.8. The van der Waals surface area contributed by atoms with Crippen molar-refractivity contribution in [3.63, 3.8) is 0 Å². The van der Waals surface area contributed by atoms with Crippen LogP contribution >= 0.6 is 11.6 Å². The molecule has 22 heavy (non-hydrogen) atoms. The van der Waals surface area contributed by atoms with Gasteiger partial charge in [-0.3, -0.25) is 10.1 Å². The van der Waals surface area contributed by atoms with Crippen molar-refractivity contribution in [3.05, 3.63) is 58.0 Å². The van der Waals surface area contributed by atoms with Gasteiger partial charge in [-0.2, -0.15) is 0 Å². The van der Waals surface area contributed by atoms with Crippen LogP contribution in [-0.4, -0.2) is 16.5 Å². The zero-order valence-corrected chi connectivity index (χ0v) is 12.9. The molecule has 1 aliphatic heterocycles. The van der Waals surface area contributed by atoms with Crippen LogP contribution in [0.15, 0.2) is 36.0 Å². The van der Waals surface area contributed by atoms with Gasteiger partial charge in [0.1, 0.15) is 5.70 Å². The number of aromatic nitrogens is 1. The zero-order valence-electron chi connectivity index (χ0n) is 12.1. The van der Waals surface area contributed by atoms with Crippen LogP contribution in [0.4, 0.5) is 4.79 Å². The predicted octanol–water partition coefficient (Wildman–Crippen LogP) is 2.93. The van der Waals surface area contributed by atoms with Gasteiger partial charge in [-0.1, -0.05) is 17.7 Å². The fourth-order valence-corrected chi connectivity index (χ4v) is 2.77. The summed E-state index contributed by atoms with van der Waals surface area (Å²) in [5.41, 5.74) is 4.03. The maximum Gasteiger partial charge on any atom is 0.326 e. The fraction of sp³-hybridized carbons (Fsp3) is 0.125. The Balaban J connectivity index is 2.06. The van der Waals surface area contributed by atoms with Gasteiger partial charge in [0.2, 0.25) is 0 Å². The molecule has 1 fully saturated rings. The summed E-state index contributed by atoms with van der Waals surface area (Å²) < 4.78 is 2.05. The third-order valence-corrected chi connectivity index (χ3v) is 3.79. The molecule has 6 heteroatoms. The third kappa shape index (κ3) is 2.51. The number of halogens is 1. The molecule has 3 rings (SSSR count). The first kappa shape index (κ1) is 14.4. The van der Waals surface area contributed by atoms with Crippen molar-refractivity contribution in [1.82, 2.24) is 15.2 Å². The molecule has 3 amide bonds. The highest BCUT2D eigenvalue weighted by atomic mass is 35.5. The Morgan fingerprint density at radius 1 is 1.14 bits per heavy atom. The Hall–Kier alpha value is -2.53. The SMILES string of the molecule is Cc1cc(C=C2NC(=O)NC2=O)c(C)n1-c1cccc(Cl)c1. The second-order valence-corrected chi connectivity index (χ2v) is 5.54. The highest BCUT2D eigenvalue weighted by Gasteiger charge is 2.23. The number of benzene rings is 1. The van der Waals surface area contributed by atoms with E-state index in [1.54, 1.807) is 6.08 Å². The minimum absolute atomic E-state index is 0.247. The standard InChI is InChI=1S/C16H14ClN3O2/c1-9-6-11(7-14-15(21)19-16(22)18-14)10(2)20(9)13-5-3-4-12(17)8-13/h3-8H,1-2H3,(H2,18,19,21,22). The third-order valence-electron chi connectivity index (χ3n) is 3.56. The lowest BCUT2D eigenvalue weighted by Crippen LogP contribution is -2.22. The van der Waals surface area contributed by atoms with Crippen LogP contribution in [-0.2, 0) is 4.79 Å². The van der Waals surface area contributed by atoms with E-state index in [0.717, 1.165) is 22.6 Å². The number of nitrogens with zero attached hydrogens (tertiary/aromatic N) is 1. The van der Waals surface area contributed by atoms with Crippen molar-refractivity contribution >= 4 is 29.6 Å². The minimum Gasteiger partial charge on any atom is -0.318 e. The highest BCUT2D eigenvalue weighted by Crippen LogP contribution is 2.24. The molecular formula is C16H14ClN3O2. The average Bonchev–Trinajstić information content (AvgIpc) is 2.90. The number of hydrogen-bond acceptors (Lipinski definition) is 2. The highest BCUT2D eigenvalue weighted by molar-refractivity contribution is 6.30. The van der Waals surface area contributed by atoms with E-state index < -0.39 is 11.9 Å². The van der Waals surface area contributed by atoms with Crippen molar-refractivity contribution < 1.29 is 9.59 Å². The average molecular weight is 316 g/mol. The maximum atomic E-state index is 11.6. The van der Waals surface area contributed by atoms with Crippen LogP contribution in [0.5, 0.6) is 0 Å². The van der Waals surface area contributed by atoms with E-state index in [1.165, 1.54) is 0 Å². The maximum absolute atomic E-state index is 11.6. The largest absolute Gasteiger partial charge is 0.326 e. The van der Waals surface area contributed by atoms with Crippen molar-refractivity contribution in [2.24, 2.45) is 0 Å². The van der Waals surface area contributed by atoms with E-state index >= 15 is 0 Å². The lowest BCUT2D eigenvalue weighted by atomic mass is 10.2. The summed E-state index contributed by atoms with van der Waals surface area (Å²) in [6.07, 6.45) is 1.67. The van der Waals surface area contributed by atoms with Gasteiger partial charge in [-0.25, -0.2) is 4.79 Å². The van der Waals surface area contributed by atoms with Crippen LogP contribution in [0.3, 0.4) is 0 Å². The molecule has 0 saturated carbocycles. The minimum atomic E-state index is -0.500. The van der Waals surface area contributed by atoms with Crippen molar-refractivity contribution in [2.75, 3.05) is 0 Å². The number of urea groups is 1. The normalized spacial score (nSPS) is 16.0. The molecular weight excluding hydrogens is 302 g/mol. The van der Waals surface area contributed by atoms with E-state index in [2.05, 4.69) is 10.6 Å². The summed E-state index contributed by atoms with van der Waals surface area (Å²) >= 11 is 6.05. The van der Waals surface area contributed by atoms with Crippen LogP contribution in [0.1, 0.15) is 17.0 Å². The fourth-order valence-electron chi connectivity index (χ4n) is 2.58. The molecule has 0 unspecified atom stereocenters. The summed E-state index contributed by atoms with van der Waals surface area (Å²) in [6, 6.07) is 9.01. The number of rotatable bonds is 2. The van der Waals surface area contributed by atoms with E-state index in [0.29, 0.717) is 5.02 Å². The second-order valence-electron chi connectivity index (χ2n) is 5.11. The summed E-state index contributed by atoms with van der Waals surface area (Å²) in [5, 5.41) is 5.33. The predicted molar refractivity (Wildman–Crippen MR) is 84.9 cm³/mol. The van der Waals surface area contributed by atoms with Crippen molar-refractivity contribution in [2.45, 2.75) is 13.8 Å². The van der Waals surface area contributed by atoms with Gasteiger partial charge in [0.25, 0.3) is 5.91 Å². The molecule has 2 heterocycles. The first-order chi connectivity index (χ1) is 10.5. The molecule has 5 nitrogen and oxygen atoms in total. The van der Waals surface area contributed by atoms with Gasteiger partial charge < -0.3 is 9.88 Å². The van der Waals surface area contributed by atoms with Crippen molar-refractivity contribution in [3.8, 4) is 5.69 Å². The monoisotopic (exact) mass is 315 g/mol. The van der Waals surface area contributed by atoms with Crippen LogP contribution in [0, 0.1) is 13.8 Å². The number of imide groups is 1. The van der Waals surface area contributed by atoms with E-state index in [4.69, 9.17) is 11.6 Å². The van der Waals surface area contributed by atoms with Gasteiger partial charge in [-0.05, 0) is 49.8 Å². The topological polar surface area (TPSA) is 63.1 Å². The number of amides is 3. The van der Waals surface area contributed by atoms with E-state index in [1.807, 2.05) is 48.7 Å². The number of carbonyl (C=O) groups is 2. The number of carbonyl (C=O) groups excluding carboxylic acids is 2. The molecule has 0 spiro atoms. The zero-order chi connectivity index (χ0) is 15.9. The van der Waals surface area contributed by atoms with Gasteiger partial charge in [0.15, 0.2) is 0 Å². The van der Waals surface area contributed by atoms with Gasteiger partial charge in [0.05, 0.1) is 0 Å². The van der Waals surface area contributed by atoms with Crippen molar-refractivity contribution in [1.29, 1.82) is 0 Å². The van der Waals surface area contributed by atoms with Gasteiger partial charge >= 0.3 is 6.03 Å². The summed E-state index contributed by atoms with van der Waals surface area (Å²) in [5.74, 6) is -0.419. The molecule has 1 saturated heterocycles. The van der Waals surface area contributed by atoms with Gasteiger partial charge in [0, 0.05) is 22.1 Å². The number of hydrogen-bond donors (Lipinski definition) is 2. The van der Waals surface area contributed by atoms with E-state index in [-0.39, 0.29) is 5.70 Å². The molecule has 1 aliphatic rings. The molecule has 0 atom stereocenters. The first-order valence-electron chi connectivity index (χ1n) is 6.74. The van der Waals surface area contributed by atoms with Crippen LogP contribution in [0.25, 0.3) is 11.8 Å². The Morgan fingerprint density at radius 2 is 1.91 bits per heavy atom. The molecule has 0 bridgehead atoms. The molecule has 2 N–H and O–H groups in total. The van der Waals surface area contributed by atoms with E-state index in [9.17, 15) is 9.59 Å². The summed E-state index contributed by atoms with van der Waals surface area (Å²) in [7, 11) is 0. The lowest BCUT2D eigenvalue weighted by molar-refractivity contribution is -0.115. The first-order valence-corrected chi connectivity index (χ1v) is 7.12. The molecule has 1 aromatic heterocycles. The quantitative estimate of drug-likeness (QED) is 0.661. The van der Waals surface area contributed by atoms with Crippen LogP contribution < -0.4 is 10.6 Å². The Morgan fingerprint density at radius 3 is 2.55 bits per heavy atom. The summed E-state index contributed by atoms with van der Waals surface area (Å²) in [6.45, 7) is 3.93. The number of nitrogens with one attached hydrogen (secondary N) is 2. The lowest BCUT2D eigenvalue weighted by Gasteiger charge is -2.10. The molecule has 0 radical (unpaired) electrons. The molecule has 1 aromatic carbocycles. The Kier molecular flexibility index (Phi) is 3.50. The molecule has 2 aromatic rings. The molecule has 112 valence electrons. The number of aryl methyl sites for hydroxylation is 1. The smallest absolute Gasteiger partial charge is 0.318 e. The Labute approximate surface area is 132 Å². The van der Waals surface area contributed by atoms with Crippen LogP contribution in [0.2, 0.25) is 5.02 Å².